The van der Waals surface area contributed by atoms with E-state index in [1.54, 1.807) is 18.2 Å². The van der Waals surface area contributed by atoms with Gasteiger partial charge in [-0.25, -0.2) is 0 Å². The van der Waals surface area contributed by atoms with E-state index >= 15 is 0 Å². The van der Waals surface area contributed by atoms with E-state index < -0.39 is 5.38 Å². The lowest BCUT2D eigenvalue weighted by Gasteiger charge is -2.10. The number of hydrogen-bond acceptors (Lipinski definition) is 3. The molecule has 1 aromatic carbocycles. The number of rotatable bonds is 3. The van der Waals surface area contributed by atoms with Gasteiger partial charge >= 0.3 is 0 Å². The summed E-state index contributed by atoms with van der Waals surface area (Å²) in [5.74, 6) is -0.345. The van der Waals surface area contributed by atoms with Gasteiger partial charge in [-0.1, -0.05) is 18.2 Å². The van der Waals surface area contributed by atoms with Gasteiger partial charge in [0.05, 0.1) is 6.61 Å². The van der Waals surface area contributed by atoms with E-state index in [4.69, 9.17) is 16.7 Å². The minimum absolute atomic E-state index is 0.106. The van der Waals surface area contributed by atoms with Crippen LogP contribution in [0.1, 0.15) is 23.4 Å². The molecule has 0 spiro atoms. The number of ketones is 1. The summed E-state index contributed by atoms with van der Waals surface area (Å²) in [6.07, 6.45) is 0. The number of halogens is 1. The molecule has 0 fully saturated rings. The van der Waals surface area contributed by atoms with Gasteiger partial charge in [-0.2, -0.15) is 0 Å². The second-order valence-electron chi connectivity index (χ2n) is 2.99. The van der Waals surface area contributed by atoms with Crippen LogP contribution >= 0.6 is 11.6 Å². The molecule has 1 atom stereocenters. The topological polar surface area (TPSA) is 57.5 Å². The van der Waals surface area contributed by atoms with Crippen LogP contribution in [-0.4, -0.2) is 16.0 Å². The minimum atomic E-state index is -0.860. The number of Topliss-reactive ketones (excluding diaryl/α,β-unsaturated/α-hetero) is 1. The average Bonchev–Trinajstić information content (AvgIpc) is 2.17. The Morgan fingerprint density at radius 1 is 1.57 bits per heavy atom. The fraction of sp³-hybridized carbons (Fsp3) is 0.300. The van der Waals surface area contributed by atoms with E-state index in [9.17, 15) is 9.90 Å². The van der Waals surface area contributed by atoms with E-state index in [0.29, 0.717) is 11.1 Å². The zero-order chi connectivity index (χ0) is 10.7. The molecule has 0 aliphatic carbocycles. The second kappa shape index (κ2) is 4.44. The number of aliphatic hydroxyl groups is 1. The lowest BCUT2D eigenvalue weighted by Crippen LogP contribution is -2.02. The van der Waals surface area contributed by atoms with Crippen molar-refractivity contribution in [3.05, 3.63) is 29.3 Å². The number of aliphatic hydroxyl groups excluding tert-OH is 1. The molecule has 0 saturated carbocycles. The molecular weight excluding hydrogens is 204 g/mol. The third kappa shape index (κ3) is 2.05. The van der Waals surface area contributed by atoms with Crippen molar-refractivity contribution in [3.8, 4) is 5.75 Å². The third-order valence-corrected chi connectivity index (χ3v) is 2.49. The van der Waals surface area contributed by atoms with E-state index in [0.717, 1.165) is 0 Å². The summed E-state index contributed by atoms with van der Waals surface area (Å²) in [6, 6.07) is 4.77. The van der Waals surface area contributed by atoms with E-state index in [2.05, 4.69) is 0 Å². The molecule has 1 unspecified atom stereocenters. The zero-order valence-corrected chi connectivity index (χ0v) is 8.45. The molecule has 3 nitrogen and oxygen atoms in total. The van der Waals surface area contributed by atoms with Gasteiger partial charge in [0.15, 0.2) is 5.78 Å². The number of carbonyl (C=O) groups excluding carboxylic acids is 1. The number of aromatic hydroxyl groups is 1. The Hall–Kier alpha value is -1.06. The van der Waals surface area contributed by atoms with Crippen LogP contribution in [-0.2, 0) is 11.4 Å². The SMILES string of the molecule is CC(=O)C(Cl)c1cccc(CO)c1O. The van der Waals surface area contributed by atoms with Crippen LogP contribution in [0.4, 0.5) is 0 Å². The largest absolute Gasteiger partial charge is 0.507 e. The van der Waals surface area contributed by atoms with Crippen LogP contribution in [0.5, 0.6) is 5.75 Å². The molecule has 0 bridgehead atoms. The number of benzene rings is 1. The fourth-order valence-corrected chi connectivity index (χ4v) is 1.34. The first kappa shape index (κ1) is 11.0. The maximum atomic E-state index is 11.0. The number of para-hydroxylation sites is 1. The predicted molar refractivity (Wildman–Crippen MR) is 53.3 cm³/mol. The first-order chi connectivity index (χ1) is 6.57. The van der Waals surface area contributed by atoms with Crippen LogP contribution in [0.3, 0.4) is 0 Å². The molecule has 0 radical (unpaired) electrons. The van der Waals surface area contributed by atoms with E-state index in [-0.39, 0.29) is 18.1 Å². The standard InChI is InChI=1S/C10H11ClO3/c1-6(13)9(11)8-4-2-3-7(5-12)10(8)14/h2-4,9,12,14H,5H2,1H3. The first-order valence-electron chi connectivity index (χ1n) is 4.14. The van der Waals surface area contributed by atoms with Crippen LogP contribution in [0, 0.1) is 0 Å². The molecule has 14 heavy (non-hydrogen) atoms. The molecule has 0 heterocycles. The molecule has 76 valence electrons. The maximum Gasteiger partial charge on any atom is 0.152 e. The summed E-state index contributed by atoms with van der Waals surface area (Å²) in [7, 11) is 0. The van der Waals surface area contributed by atoms with Crippen molar-refractivity contribution in [2.75, 3.05) is 0 Å². The van der Waals surface area contributed by atoms with Gasteiger partial charge in [0.1, 0.15) is 11.1 Å². The summed E-state index contributed by atoms with van der Waals surface area (Å²) in [6.45, 7) is 1.07. The van der Waals surface area contributed by atoms with Crippen molar-refractivity contribution >= 4 is 17.4 Å². The molecule has 1 rings (SSSR count). The van der Waals surface area contributed by atoms with Crippen molar-refractivity contribution in [3.63, 3.8) is 0 Å². The summed E-state index contributed by atoms with van der Waals surface area (Å²) in [4.78, 5) is 11.0. The number of hydrogen-bond donors (Lipinski definition) is 2. The molecule has 0 amide bonds. The Balaban J connectivity index is 3.15. The van der Waals surface area contributed by atoms with E-state index in [1.165, 1.54) is 6.92 Å². The first-order valence-corrected chi connectivity index (χ1v) is 4.57. The Kier molecular flexibility index (Phi) is 3.49. The Labute approximate surface area is 86.9 Å². The average molecular weight is 215 g/mol. The molecule has 4 heteroatoms. The highest BCUT2D eigenvalue weighted by molar-refractivity contribution is 6.31. The van der Waals surface area contributed by atoms with Gasteiger partial charge in [-0.3, -0.25) is 4.79 Å². The van der Waals surface area contributed by atoms with Crippen LogP contribution < -0.4 is 0 Å². The van der Waals surface area contributed by atoms with Gasteiger partial charge in [0.25, 0.3) is 0 Å². The van der Waals surface area contributed by atoms with Crippen molar-refractivity contribution in [2.24, 2.45) is 0 Å². The van der Waals surface area contributed by atoms with Crippen molar-refractivity contribution < 1.29 is 15.0 Å². The quantitative estimate of drug-likeness (QED) is 0.754. The Morgan fingerprint density at radius 3 is 2.71 bits per heavy atom. The minimum Gasteiger partial charge on any atom is -0.507 e. The Bertz CT molecular complexity index is 349. The Morgan fingerprint density at radius 2 is 2.21 bits per heavy atom. The van der Waals surface area contributed by atoms with Gasteiger partial charge < -0.3 is 10.2 Å². The van der Waals surface area contributed by atoms with Crippen molar-refractivity contribution in [1.82, 2.24) is 0 Å². The smallest absolute Gasteiger partial charge is 0.152 e. The summed E-state index contributed by atoms with van der Waals surface area (Å²) >= 11 is 5.78. The molecule has 2 N–H and O–H groups in total. The van der Waals surface area contributed by atoms with Crippen LogP contribution in [0.15, 0.2) is 18.2 Å². The summed E-state index contributed by atoms with van der Waals surface area (Å²) in [5, 5.41) is 17.6. The third-order valence-electron chi connectivity index (χ3n) is 1.95. The van der Waals surface area contributed by atoms with Gasteiger partial charge in [0.2, 0.25) is 0 Å². The van der Waals surface area contributed by atoms with Gasteiger partial charge in [0, 0.05) is 11.1 Å². The lowest BCUT2D eigenvalue weighted by atomic mass is 10.0. The molecular formula is C10H11ClO3. The molecule has 1 aromatic rings. The van der Waals surface area contributed by atoms with Crippen molar-refractivity contribution in [1.29, 1.82) is 0 Å². The summed E-state index contributed by atoms with van der Waals surface area (Å²) < 4.78 is 0. The predicted octanol–water partition coefficient (Wildman–Crippen LogP) is 1.75. The van der Waals surface area contributed by atoms with E-state index in [1.807, 2.05) is 0 Å². The molecule has 0 aliphatic heterocycles. The van der Waals surface area contributed by atoms with Crippen LogP contribution in [0.2, 0.25) is 0 Å². The number of phenols is 1. The second-order valence-corrected chi connectivity index (χ2v) is 3.42. The molecule has 0 saturated heterocycles. The van der Waals surface area contributed by atoms with Gasteiger partial charge in [-0.15, -0.1) is 11.6 Å². The van der Waals surface area contributed by atoms with Crippen LogP contribution in [0.25, 0.3) is 0 Å². The van der Waals surface area contributed by atoms with Crippen molar-refractivity contribution in [2.45, 2.75) is 18.9 Å². The highest BCUT2D eigenvalue weighted by Gasteiger charge is 2.18. The molecule has 0 aromatic heterocycles. The maximum absolute atomic E-state index is 11.0. The van der Waals surface area contributed by atoms with Gasteiger partial charge in [-0.05, 0) is 6.92 Å². The normalized spacial score (nSPS) is 12.5. The lowest BCUT2D eigenvalue weighted by molar-refractivity contribution is -0.116. The highest BCUT2D eigenvalue weighted by atomic mass is 35.5. The fourth-order valence-electron chi connectivity index (χ4n) is 1.16. The zero-order valence-electron chi connectivity index (χ0n) is 7.70. The molecule has 0 aliphatic rings. The monoisotopic (exact) mass is 214 g/mol. The summed E-state index contributed by atoms with van der Waals surface area (Å²) in [5.41, 5.74) is 0.708. The number of carbonyl (C=O) groups is 1. The number of alkyl halides is 1. The highest BCUT2D eigenvalue weighted by Crippen LogP contribution is 2.32.